The Morgan fingerprint density at radius 1 is 1.50 bits per heavy atom. The third-order valence-corrected chi connectivity index (χ3v) is 1.12. The number of nitrogens with zero attached hydrogens (tertiary/aromatic N) is 2. The number of hydrogen-bond acceptors (Lipinski definition) is 4. The van der Waals surface area contributed by atoms with E-state index < -0.39 is 0 Å². The van der Waals surface area contributed by atoms with Crippen molar-refractivity contribution in [2.75, 3.05) is 27.1 Å². The van der Waals surface area contributed by atoms with Crippen LogP contribution in [-0.2, 0) is 0 Å². The minimum Gasteiger partial charge on any atom is -0.290 e. The molecule has 0 aromatic carbocycles. The summed E-state index contributed by atoms with van der Waals surface area (Å²) in [5.41, 5.74) is 0. The van der Waals surface area contributed by atoms with E-state index in [9.17, 15) is 0 Å². The molecule has 48 valence electrons. The number of hydrogen-bond donors (Lipinski definition) is 2. The smallest absolute Gasteiger partial charge is 0.0665 e. The molecule has 1 aliphatic heterocycles. The molecular weight excluding hydrogens is 104 g/mol. The second kappa shape index (κ2) is 2.41. The van der Waals surface area contributed by atoms with Gasteiger partial charge in [0.15, 0.2) is 0 Å². The molecule has 1 heterocycles. The molecule has 0 atom stereocenters. The topological polar surface area (TPSA) is 44.5 Å². The number of hydrazine groups is 1. The van der Waals surface area contributed by atoms with Crippen molar-refractivity contribution in [1.82, 2.24) is 15.2 Å². The van der Waals surface area contributed by atoms with Crippen LogP contribution >= 0.6 is 0 Å². The fourth-order valence-corrected chi connectivity index (χ4v) is 0.795. The average molecular weight is 116 g/mol. The SMILES string of the molecule is CN1CNCN(N)C1. The van der Waals surface area contributed by atoms with Crippen LogP contribution in [-0.4, -0.2) is 37.0 Å². The number of nitrogens with two attached hydrogens (primary N) is 1. The molecule has 0 aliphatic carbocycles. The summed E-state index contributed by atoms with van der Waals surface area (Å²) in [6.45, 7) is 2.59. The van der Waals surface area contributed by atoms with Crippen LogP contribution in [0, 0.1) is 0 Å². The molecular formula is C4H12N4. The Morgan fingerprint density at radius 3 is 2.62 bits per heavy atom. The molecule has 3 N–H and O–H groups in total. The number of rotatable bonds is 0. The maximum absolute atomic E-state index is 5.45. The highest BCUT2D eigenvalue weighted by Gasteiger charge is 2.07. The highest BCUT2D eigenvalue weighted by Crippen LogP contribution is 1.86. The van der Waals surface area contributed by atoms with Gasteiger partial charge < -0.3 is 0 Å². The van der Waals surface area contributed by atoms with Crippen molar-refractivity contribution < 1.29 is 0 Å². The van der Waals surface area contributed by atoms with Gasteiger partial charge in [-0.2, -0.15) is 0 Å². The fourth-order valence-electron chi connectivity index (χ4n) is 0.795. The third-order valence-electron chi connectivity index (χ3n) is 1.12. The zero-order valence-electron chi connectivity index (χ0n) is 5.09. The molecule has 4 heteroatoms. The van der Waals surface area contributed by atoms with Crippen molar-refractivity contribution in [3.8, 4) is 0 Å². The number of nitrogens with one attached hydrogen (secondary N) is 1. The first-order valence-corrected chi connectivity index (χ1v) is 2.68. The third kappa shape index (κ3) is 1.41. The first kappa shape index (κ1) is 5.97. The molecule has 0 amide bonds. The second-order valence-corrected chi connectivity index (χ2v) is 2.15. The van der Waals surface area contributed by atoms with E-state index in [0.717, 1.165) is 20.0 Å². The molecule has 1 rings (SSSR count). The van der Waals surface area contributed by atoms with Gasteiger partial charge in [-0.25, -0.2) is 5.01 Å². The van der Waals surface area contributed by atoms with Crippen LogP contribution in [0.15, 0.2) is 0 Å². The van der Waals surface area contributed by atoms with Gasteiger partial charge in [0.05, 0.1) is 13.3 Å². The molecule has 0 aromatic rings. The van der Waals surface area contributed by atoms with Gasteiger partial charge in [-0.3, -0.25) is 16.1 Å². The Hall–Kier alpha value is -0.160. The zero-order chi connectivity index (χ0) is 5.98. The van der Waals surface area contributed by atoms with E-state index in [-0.39, 0.29) is 0 Å². The highest BCUT2D eigenvalue weighted by molar-refractivity contribution is 4.54. The summed E-state index contributed by atoms with van der Waals surface area (Å²) in [7, 11) is 2.02. The molecule has 0 spiro atoms. The lowest BCUT2D eigenvalue weighted by molar-refractivity contribution is 0.0865. The van der Waals surface area contributed by atoms with Crippen molar-refractivity contribution >= 4 is 0 Å². The zero-order valence-corrected chi connectivity index (χ0v) is 5.09. The summed E-state index contributed by atoms with van der Waals surface area (Å²) in [5.74, 6) is 5.45. The Morgan fingerprint density at radius 2 is 2.25 bits per heavy atom. The second-order valence-electron chi connectivity index (χ2n) is 2.15. The molecule has 4 nitrogen and oxygen atoms in total. The summed E-state index contributed by atoms with van der Waals surface area (Å²) in [4.78, 5) is 2.10. The molecule has 0 radical (unpaired) electrons. The van der Waals surface area contributed by atoms with Crippen molar-refractivity contribution in [3.63, 3.8) is 0 Å². The first-order valence-electron chi connectivity index (χ1n) is 2.68. The predicted molar refractivity (Wildman–Crippen MR) is 31.5 cm³/mol. The van der Waals surface area contributed by atoms with Gasteiger partial charge >= 0.3 is 0 Å². The van der Waals surface area contributed by atoms with Gasteiger partial charge in [-0.1, -0.05) is 0 Å². The average Bonchev–Trinajstić information content (AvgIpc) is 1.64. The largest absolute Gasteiger partial charge is 0.290 e. The highest BCUT2D eigenvalue weighted by atomic mass is 15.5. The normalized spacial score (nSPS) is 26.2. The van der Waals surface area contributed by atoms with E-state index in [1.54, 1.807) is 5.01 Å². The lowest BCUT2D eigenvalue weighted by Crippen LogP contribution is -2.54. The van der Waals surface area contributed by atoms with Crippen LogP contribution in [0.3, 0.4) is 0 Å². The van der Waals surface area contributed by atoms with E-state index in [1.165, 1.54) is 0 Å². The first-order chi connectivity index (χ1) is 3.79. The summed E-state index contributed by atoms with van der Waals surface area (Å²) in [6.07, 6.45) is 0. The summed E-state index contributed by atoms with van der Waals surface area (Å²) < 4.78 is 0. The van der Waals surface area contributed by atoms with Crippen LogP contribution in [0.2, 0.25) is 0 Å². The molecule has 0 bridgehead atoms. The molecule has 1 aliphatic rings. The molecule has 1 fully saturated rings. The molecule has 8 heavy (non-hydrogen) atoms. The van der Waals surface area contributed by atoms with Crippen molar-refractivity contribution in [2.24, 2.45) is 5.84 Å². The maximum atomic E-state index is 5.45. The Bertz CT molecular complexity index is 66.4. The van der Waals surface area contributed by atoms with Gasteiger partial charge in [0.2, 0.25) is 0 Å². The Labute approximate surface area is 49.2 Å². The van der Waals surface area contributed by atoms with E-state index >= 15 is 0 Å². The quantitative estimate of drug-likeness (QED) is 0.381. The van der Waals surface area contributed by atoms with E-state index in [1.807, 2.05) is 7.05 Å². The van der Waals surface area contributed by atoms with Crippen molar-refractivity contribution in [1.29, 1.82) is 0 Å². The monoisotopic (exact) mass is 116 g/mol. The lowest BCUT2D eigenvalue weighted by atomic mass is 10.7. The summed E-state index contributed by atoms with van der Waals surface area (Å²) in [6, 6.07) is 0. The van der Waals surface area contributed by atoms with Crippen molar-refractivity contribution in [2.45, 2.75) is 0 Å². The fraction of sp³-hybridized carbons (Fsp3) is 1.00. The lowest BCUT2D eigenvalue weighted by Gasteiger charge is -2.30. The van der Waals surface area contributed by atoms with Crippen molar-refractivity contribution in [3.05, 3.63) is 0 Å². The minimum atomic E-state index is 0.796. The van der Waals surface area contributed by atoms with Crippen LogP contribution < -0.4 is 11.2 Å². The van der Waals surface area contributed by atoms with Gasteiger partial charge in [-0.15, -0.1) is 0 Å². The van der Waals surface area contributed by atoms with Gasteiger partial charge in [-0.05, 0) is 7.05 Å². The van der Waals surface area contributed by atoms with Gasteiger partial charge in [0, 0.05) is 6.67 Å². The predicted octanol–water partition coefficient (Wildman–Crippen LogP) is -1.43. The standard InChI is InChI=1S/C4H12N4/c1-7-2-6-3-8(5)4-7/h6H,2-5H2,1H3. The van der Waals surface area contributed by atoms with Crippen LogP contribution in [0.25, 0.3) is 0 Å². The van der Waals surface area contributed by atoms with E-state index in [0.29, 0.717) is 0 Å². The van der Waals surface area contributed by atoms with Crippen LogP contribution in [0.1, 0.15) is 0 Å². The van der Waals surface area contributed by atoms with Crippen LogP contribution in [0.5, 0.6) is 0 Å². The minimum absolute atomic E-state index is 0.796. The Kier molecular flexibility index (Phi) is 1.80. The Balaban J connectivity index is 2.23. The molecule has 0 unspecified atom stereocenters. The molecule has 0 aromatic heterocycles. The van der Waals surface area contributed by atoms with Gasteiger partial charge in [0.1, 0.15) is 0 Å². The summed E-state index contributed by atoms with van der Waals surface area (Å²) >= 11 is 0. The maximum Gasteiger partial charge on any atom is 0.0665 e. The molecule has 0 saturated carbocycles. The van der Waals surface area contributed by atoms with E-state index in [4.69, 9.17) is 5.84 Å². The summed E-state index contributed by atoms with van der Waals surface area (Å²) in [5, 5.41) is 4.84. The molecule has 1 saturated heterocycles. The van der Waals surface area contributed by atoms with E-state index in [2.05, 4.69) is 10.2 Å². The van der Waals surface area contributed by atoms with Gasteiger partial charge in [0.25, 0.3) is 0 Å². The van der Waals surface area contributed by atoms with Crippen LogP contribution in [0.4, 0.5) is 0 Å².